The molecule has 0 N–H and O–H groups in total. The number of methoxy groups -OCH3 is 1. The fraction of sp³-hybridized carbons (Fsp3) is 0.0357. The third kappa shape index (κ3) is 5.43. The van der Waals surface area contributed by atoms with Gasteiger partial charge in [0.05, 0.1) is 7.11 Å². The van der Waals surface area contributed by atoms with Crippen molar-refractivity contribution in [3.05, 3.63) is 126 Å². The van der Waals surface area contributed by atoms with Gasteiger partial charge in [-0.15, -0.1) is 0 Å². The smallest absolute Gasteiger partial charge is 0.331 e. The standard InChI is InChI=1S/C28H22O4/c1-30-28(29)20-27(21-12-16-25(17-13-21)31-23-8-4-2-5-9-23)22-14-18-26(19-15-22)32-24-10-6-3-7-11-24/h2-20H,1H3. The molecule has 0 spiro atoms. The molecule has 0 atom stereocenters. The van der Waals surface area contributed by atoms with Crippen molar-refractivity contribution in [2.24, 2.45) is 0 Å². The van der Waals surface area contributed by atoms with Crippen molar-refractivity contribution >= 4 is 11.5 Å². The third-order valence-corrected chi connectivity index (χ3v) is 4.75. The van der Waals surface area contributed by atoms with Gasteiger partial charge in [-0.25, -0.2) is 4.79 Å². The van der Waals surface area contributed by atoms with Gasteiger partial charge in [-0.05, 0) is 65.2 Å². The predicted octanol–water partition coefficient (Wildman–Crippen LogP) is 6.88. The lowest BCUT2D eigenvalue weighted by Gasteiger charge is -2.12. The molecular formula is C28H22O4. The lowest BCUT2D eigenvalue weighted by molar-refractivity contribution is -0.134. The number of esters is 1. The van der Waals surface area contributed by atoms with E-state index in [0.29, 0.717) is 11.5 Å². The molecule has 0 bridgehead atoms. The summed E-state index contributed by atoms with van der Waals surface area (Å²) in [4.78, 5) is 12.0. The summed E-state index contributed by atoms with van der Waals surface area (Å²) in [5, 5.41) is 0. The van der Waals surface area contributed by atoms with Crippen LogP contribution in [0.25, 0.3) is 5.57 Å². The summed E-state index contributed by atoms with van der Waals surface area (Å²) in [6.07, 6.45) is 1.49. The molecule has 4 aromatic carbocycles. The van der Waals surface area contributed by atoms with E-state index < -0.39 is 5.97 Å². The monoisotopic (exact) mass is 422 g/mol. The summed E-state index contributed by atoms with van der Waals surface area (Å²) in [7, 11) is 1.37. The number of carbonyl (C=O) groups excluding carboxylic acids is 1. The van der Waals surface area contributed by atoms with Crippen LogP contribution in [0.1, 0.15) is 11.1 Å². The Kier molecular flexibility index (Phi) is 6.63. The SMILES string of the molecule is COC(=O)C=C(c1ccc(Oc2ccccc2)cc1)c1ccc(Oc2ccccc2)cc1. The van der Waals surface area contributed by atoms with Gasteiger partial charge in [-0.1, -0.05) is 60.7 Å². The maximum Gasteiger partial charge on any atom is 0.331 e. The fourth-order valence-corrected chi connectivity index (χ4v) is 3.16. The van der Waals surface area contributed by atoms with E-state index in [0.717, 1.165) is 28.2 Å². The van der Waals surface area contributed by atoms with E-state index in [1.165, 1.54) is 13.2 Å². The highest BCUT2D eigenvalue weighted by atomic mass is 16.5. The van der Waals surface area contributed by atoms with Crippen molar-refractivity contribution in [2.45, 2.75) is 0 Å². The van der Waals surface area contributed by atoms with Gasteiger partial charge < -0.3 is 14.2 Å². The number of ether oxygens (including phenoxy) is 3. The van der Waals surface area contributed by atoms with Crippen molar-refractivity contribution in [3.8, 4) is 23.0 Å². The summed E-state index contributed by atoms with van der Waals surface area (Å²) in [5.41, 5.74) is 2.48. The first-order valence-electron chi connectivity index (χ1n) is 10.2. The molecule has 0 fully saturated rings. The van der Waals surface area contributed by atoms with Crippen LogP contribution in [0.15, 0.2) is 115 Å². The first kappa shape index (κ1) is 20.9. The van der Waals surface area contributed by atoms with Crippen LogP contribution in [0.3, 0.4) is 0 Å². The van der Waals surface area contributed by atoms with Crippen LogP contribution in [0.5, 0.6) is 23.0 Å². The van der Waals surface area contributed by atoms with Gasteiger partial charge in [-0.2, -0.15) is 0 Å². The number of hydrogen-bond acceptors (Lipinski definition) is 4. The Bertz CT molecular complexity index is 1090. The van der Waals surface area contributed by atoms with Crippen molar-refractivity contribution < 1.29 is 19.0 Å². The minimum atomic E-state index is -0.422. The van der Waals surface area contributed by atoms with Crippen LogP contribution in [-0.4, -0.2) is 13.1 Å². The highest BCUT2D eigenvalue weighted by molar-refractivity contribution is 5.96. The number of rotatable bonds is 7. The molecule has 0 amide bonds. The van der Waals surface area contributed by atoms with Gasteiger partial charge in [0.25, 0.3) is 0 Å². The zero-order valence-corrected chi connectivity index (χ0v) is 17.6. The lowest BCUT2D eigenvalue weighted by atomic mass is 9.97. The fourth-order valence-electron chi connectivity index (χ4n) is 3.16. The maximum atomic E-state index is 12.0. The summed E-state index contributed by atoms with van der Waals surface area (Å²) in [6, 6.07) is 34.3. The molecule has 4 heteroatoms. The zero-order chi connectivity index (χ0) is 22.2. The van der Waals surface area contributed by atoms with Crippen LogP contribution in [0.2, 0.25) is 0 Å². The Morgan fingerprint density at radius 1 is 0.562 bits per heavy atom. The Labute approximate surface area is 187 Å². The minimum absolute atomic E-state index is 0.422. The van der Waals surface area contributed by atoms with Crippen LogP contribution in [0.4, 0.5) is 0 Å². The maximum absolute atomic E-state index is 12.0. The van der Waals surface area contributed by atoms with Gasteiger partial charge >= 0.3 is 5.97 Å². The largest absolute Gasteiger partial charge is 0.466 e. The second-order valence-electron chi connectivity index (χ2n) is 6.96. The average Bonchev–Trinajstić information content (AvgIpc) is 2.85. The van der Waals surface area contributed by atoms with Gasteiger partial charge in [0.1, 0.15) is 23.0 Å². The molecule has 0 aliphatic carbocycles. The van der Waals surface area contributed by atoms with E-state index in [9.17, 15) is 4.79 Å². The number of hydrogen-bond donors (Lipinski definition) is 0. The summed E-state index contributed by atoms with van der Waals surface area (Å²) in [5.74, 6) is 2.53. The van der Waals surface area contributed by atoms with Crippen molar-refractivity contribution in [1.29, 1.82) is 0 Å². The highest BCUT2D eigenvalue weighted by Crippen LogP contribution is 2.29. The molecule has 0 unspecified atom stereocenters. The Morgan fingerprint density at radius 2 is 0.938 bits per heavy atom. The van der Waals surface area contributed by atoms with E-state index in [1.807, 2.05) is 109 Å². The molecular weight excluding hydrogens is 400 g/mol. The van der Waals surface area contributed by atoms with Crippen LogP contribution in [0, 0.1) is 0 Å². The highest BCUT2D eigenvalue weighted by Gasteiger charge is 2.10. The van der Waals surface area contributed by atoms with Gasteiger partial charge in [0.2, 0.25) is 0 Å². The summed E-state index contributed by atoms with van der Waals surface area (Å²) in [6.45, 7) is 0. The molecule has 0 radical (unpaired) electrons. The Balaban J connectivity index is 1.57. The summed E-state index contributed by atoms with van der Waals surface area (Å²) >= 11 is 0. The number of benzene rings is 4. The Hall–Kier alpha value is -4.31. The lowest BCUT2D eigenvalue weighted by Crippen LogP contribution is -1.98. The number of para-hydroxylation sites is 2. The second-order valence-corrected chi connectivity index (χ2v) is 6.96. The van der Waals surface area contributed by atoms with Gasteiger partial charge in [0.15, 0.2) is 0 Å². The second kappa shape index (κ2) is 10.1. The molecule has 4 nitrogen and oxygen atoms in total. The van der Waals surface area contributed by atoms with E-state index in [-0.39, 0.29) is 0 Å². The van der Waals surface area contributed by atoms with E-state index >= 15 is 0 Å². The molecule has 0 aromatic heterocycles. The quantitative estimate of drug-likeness (QED) is 0.241. The minimum Gasteiger partial charge on any atom is -0.466 e. The molecule has 0 heterocycles. The van der Waals surface area contributed by atoms with Crippen LogP contribution >= 0.6 is 0 Å². The molecule has 0 saturated carbocycles. The molecule has 158 valence electrons. The molecule has 0 aliphatic rings. The van der Waals surface area contributed by atoms with Crippen LogP contribution < -0.4 is 9.47 Å². The van der Waals surface area contributed by atoms with Crippen LogP contribution in [-0.2, 0) is 9.53 Å². The van der Waals surface area contributed by atoms with Crippen molar-refractivity contribution in [1.82, 2.24) is 0 Å². The summed E-state index contributed by atoms with van der Waals surface area (Å²) < 4.78 is 16.6. The van der Waals surface area contributed by atoms with Crippen molar-refractivity contribution in [3.63, 3.8) is 0 Å². The van der Waals surface area contributed by atoms with Gasteiger partial charge in [-0.3, -0.25) is 0 Å². The van der Waals surface area contributed by atoms with E-state index in [4.69, 9.17) is 14.2 Å². The first-order chi connectivity index (χ1) is 15.7. The molecule has 0 aliphatic heterocycles. The Morgan fingerprint density at radius 3 is 1.31 bits per heavy atom. The third-order valence-electron chi connectivity index (χ3n) is 4.75. The number of carbonyl (C=O) groups is 1. The average molecular weight is 422 g/mol. The van der Waals surface area contributed by atoms with Gasteiger partial charge in [0, 0.05) is 6.08 Å². The normalized spacial score (nSPS) is 10.2. The van der Waals surface area contributed by atoms with Crippen molar-refractivity contribution in [2.75, 3.05) is 7.11 Å². The predicted molar refractivity (Wildman–Crippen MR) is 125 cm³/mol. The molecule has 0 saturated heterocycles. The topological polar surface area (TPSA) is 44.8 Å². The van der Waals surface area contributed by atoms with E-state index in [1.54, 1.807) is 0 Å². The zero-order valence-electron chi connectivity index (χ0n) is 17.6. The molecule has 4 rings (SSSR count). The first-order valence-corrected chi connectivity index (χ1v) is 10.2. The van der Waals surface area contributed by atoms with E-state index in [2.05, 4.69) is 0 Å². The molecule has 32 heavy (non-hydrogen) atoms. The molecule has 4 aromatic rings.